The molecule has 1 heterocycles. The molecule has 1 aromatic carbocycles. The van der Waals surface area contributed by atoms with E-state index in [9.17, 15) is 13.2 Å². The van der Waals surface area contributed by atoms with E-state index in [2.05, 4.69) is 10.4 Å². The highest BCUT2D eigenvalue weighted by Crippen LogP contribution is 2.15. The Morgan fingerprint density at radius 3 is 2.48 bits per heavy atom. The predicted molar refractivity (Wildman–Crippen MR) is 77.7 cm³/mol. The second-order valence-electron chi connectivity index (χ2n) is 4.48. The average Bonchev–Trinajstić information content (AvgIpc) is 2.80. The monoisotopic (exact) mass is 308 g/mol. The van der Waals surface area contributed by atoms with Crippen LogP contribution in [-0.4, -0.2) is 30.7 Å². The zero-order chi connectivity index (χ0) is 15.6. The van der Waals surface area contributed by atoms with E-state index in [1.165, 1.54) is 12.1 Å². The van der Waals surface area contributed by atoms with E-state index in [1.54, 1.807) is 22.9 Å². The number of benzene rings is 1. The van der Waals surface area contributed by atoms with Crippen LogP contribution in [0, 0.1) is 6.92 Å². The van der Waals surface area contributed by atoms with Gasteiger partial charge in [-0.3, -0.25) is 4.79 Å². The van der Waals surface area contributed by atoms with Crippen LogP contribution in [0.4, 0.5) is 0 Å². The maximum atomic E-state index is 11.7. The molecule has 3 N–H and O–H groups in total. The fourth-order valence-electron chi connectivity index (χ4n) is 1.87. The summed E-state index contributed by atoms with van der Waals surface area (Å²) in [5, 5.41) is 11.9. The number of nitrogens with zero attached hydrogens (tertiary/aromatic N) is 2. The van der Waals surface area contributed by atoms with Gasteiger partial charge in [-0.25, -0.2) is 18.2 Å². The van der Waals surface area contributed by atoms with Crippen LogP contribution in [0.5, 0.6) is 0 Å². The molecule has 0 saturated carbocycles. The second-order valence-corrected chi connectivity index (χ2v) is 6.04. The lowest BCUT2D eigenvalue weighted by Crippen LogP contribution is -2.23. The fraction of sp³-hybridized carbons (Fsp3) is 0.231. The molecular weight excluding hydrogens is 292 g/mol. The molecule has 8 heteroatoms. The number of sulfonamides is 1. The van der Waals surface area contributed by atoms with E-state index in [0.717, 1.165) is 5.69 Å². The van der Waals surface area contributed by atoms with Crippen molar-refractivity contribution in [1.82, 2.24) is 15.1 Å². The summed E-state index contributed by atoms with van der Waals surface area (Å²) in [4.78, 5) is 11.8. The maximum Gasteiger partial charge on any atom is 0.271 e. The average molecular weight is 308 g/mol. The normalized spacial score (nSPS) is 11.4. The van der Waals surface area contributed by atoms with Crippen molar-refractivity contribution in [3.05, 3.63) is 41.7 Å². The Morgan fingerprint density at radius 1 is 1.33 bits per heavy atom. The number of amides is 1. The van der Waals surface area contributed by atoms with Gasteiger partial charge in [-0.2, -0.15) is 5.10 Å². The molecule has 0 aliphatic carbocycles. The molecule has 7 nitrogen and oxygen atoms in total. The summed E-state index contributed by atoms with van der Waals surface area (Å²) in [6, 6.07) is 7.64. The molecule has 21 heavy (non-hydrogen) atoms. The van der Waals surface area contributed by atoms with E-state index in [-0.39, 0.29) is 10.8 Å². The minimum absolute atomic E-state index is 0.0278. The Labute approximate surface area is 122 Å². The summed E-state index contributed by atoms with van der Waals surface area (Å²) in [7, 11) is -3.72. The van der Waals surface area contributed by atoms with Crippen molar-refractivity contribution in [3.63, 3.8) is 0 Å². The third-order valence-corrected chi connectivity index (χ3v) is 3.80. The lowest BCUT2D eigenvalue weighted by Gasteiger charge is -2.05. The molecule has 0 fully saturated rings. The molecule has 112 valence electrons. The maximum absolute atomic E-state index is 11.7. The van der Waals surface area contributed by atoms with Crippen molar-refractivity contribution >= 4 is 15.9 Å². The van der Waals surface area contributed by atoms with E-state index >= 15 is 0 Å². The van der Waals surface area contributed by atoms with E-state index in [4.69, 9.17) is 5.14 Å². The van der Waals surface area contributed by atoms with Crippen molar-refractivity contribution in [1.29, 1.82) is 0 Å². The number of aromatic nitrogens is 2. The molecule has 0 radical (unpaired) electrons. The van der Waals surface area contributed by atoms with Crippen LogP contribution in [0.3, 0.4) is 0 Å². The largest absolute Gasteiger partial charge is 0.351 e. The summed E-state index contributed by atoms with van der Waals surface area (Å²) in [6.07, 6.45) is 0. The highest BCUT2D eigenvalue weighted by Gasteiger charge is 2.13. The molecule has 0 saturated heterocycles. The highest BCUT2D eigenvalue weighted by atomic mass is 32.2. The number of rotatable bonds is 4. The number of aryl methyl sites for hydroxylation is 1. The Balaban J connectivity index is 2.36. The van der Waals surface area contributed by atoms with Crippen LogP contribution in [0.15, 0.2) is 35.2 Å². The van der Waals surface area contributed by atoms with Gasteiger partial charge < -0.3 is 5.32 Å². The Morgan fingerprint density at radius 2 is 1.95 bits per heavy atom. The first-order valence-corrected chi connectivity index (χ1v) is 7.85. The molecule has 1 amide bonds. The molecule has 1 aromatic heterocycles. The minimum atomic E-state index is -3.72. The quantitative estimate of drug-likeness (QED) is 0.861. The molecule has 0 bridgehead atoms. The molecule has 2 rings (SSSR count). The summed E-state index contributed by atoms with van der Waals surface area (Å²) >= 11 is 0. The third kappa shape index (κ3) is 3.29. The minimum Gasteiger partial charge on any atom is -0.351 e. The lowest BCUT2D eigenvalue weighted by molar-refractivity contribution is 0.0950. The van der Waals surface area contributed by atoms with Crippen LogP contribution in [0.1, 0.15) is 23.1 Å². The van der Waals surface area contributed by atoms with Crippen LogP contribution >= 0.6 is 0 Å². The van der Waals surface area contributed by atoms with Crippen molar-refractivity contribution in [2.75, 3.05) is 6.54 Å². The van der Waals surface area contributed by atoms with Crippen molar-refractivity contribution < 1.29 is 13.2 Å². The molecule has 2 aromatic rings. The lowest BCUT2D eigenvalue weighted by atomic mass is 10.3. The molecule has 0 unspecified atom stereocenters. The number of primary sulfonamides is 1. The zero-order valence-corrected chi connectivity index (χ0v) is 12.5. The number of hydrogen-bond donors (Lipinski definition) is 2. The number of carbonyl (C=O) groups is 1. The van der Waals surface area contributed by atoms with E-state index < -0.39 is 10.0 Å². The van der Waals surface area contributed by atoms with Gasteiger partial charge in [-0.1, -0.05) is 0 Å². The molecule has 0 aliphatic rings. The molecular formula is C13H16N4O3S. The summed E-state index contributed by atoms with van der Waals surface area (Å²) in [6.45, 7) is 4.16. The molecule has 0 spiro atoms. The zero-order valence-electron chi connectivity index (χ0n) is 11.7. The summed E-state index contributed by atoms with van der Waals surface area (Å²) < 4.78 is 24.0. The van der Waals surface area contributed by atoms with Crippen LogP contribution in [0.25, 0.3) is 5.69 Å². The van der Waals surface area contributed by atoms with Crippen LogP contribution in [0.2, 0.25) is 0 Å². The SMILES string of the molecule is CCNC(=O)c1cc(C)n(-c2ccc(S(N)(=O)=O)cc2)n1. The number of nitrogens with two attached hydrogens (primary N) is 1. The van der Waals surface area contributed by atoms with Gasteiger partial charge in [0.25, 0.3) is 5.91 Å². The van der Waals surface area contributed by atoms with Gasteiger partial charge >= 0.3 is 0 Å². The van der Waals surface area contributed by atoms with Gasteiger partial charge in [0.05, 0.1) is 10.6 Å². The van der Waals surface area contributed by atoms with E-state index in [1.807, 2.05) is 13.8 Å². The smallest absolute Gasteiger partial charge is 0.271 e. The van der Waals surface area contributed by atoms with Crippen LogP contribution in [-0.2, 0) is 10.0 Å². The van der Waals surface area contributed by atoms with Gasteiger partial charge in [0, 0.05) is 12.2 Å². The standard InChI is InChI=1S/C13H16N4O3S/c1-3-15-13(18)12-8-9(2)17(16-12)10-4-6-11(7-5-10)21(14,19)20/h4-8H,3H2,1-2H3,(H,15,18)(H2,14,19,20). The van der Waals surface area contributed by atoms with Crippen molar-refractivity contribution in [2.24, 2.45) is 5.14 Å². The first-order valence-electron chi connectivity index (χ1n) is 6.31. The van der Waals surface area contributed by atoms with Gasteiger partial charge in [-0.05, 0) is 44.2 Å². The first kappa shape index (κ1) is 15.2. The number of carbonyl (C=O) groups excluding carboxylic acids is 1. The van der Waals surface area contributed by atoms with Crippen LogP contribution < -0.4 is 10.5 Å². The summed E-state index contributed by atoms with van der Waals surface area (Å²) in [5.41, 5.74) is 1.72. The van der Waals surface area contributed by atoms with Gasteiger partial charge in [0.15, 0.2) is 5.69 Å². The van der Waals surface area contributed by atoms with Gasteiger partial charge in [0.2, 0.25) is 10.0 Å². The Kier molecular flexibility index (Phi) is 4.10. The van der Waals surface area contributed by atoms with E-state index in [0.29, 0.717) is 17.9 Å². The van der Waals surface area contributed by atoms with Gasteiger partial charge in [-0.15, -0.1) is 0 Å². The first-order chi connectivity index (χ1) is 9.82. The van der Waals surface area contributed by atoms with Crippen molar-refractivity contribution in [2.45, 2.75) is 18.7 Å². The predicted octanol–water partition coefficient (Wildman–Crippen LogP) is 0.578. The number of hydrogen-bond acceptors (Lipinski definition) is 4. The fourth-order valence-corrected chi connectivity index (χ4v) is 2.39. The van der Waals surface area contributed by atoms with Gasteiger partial charge in [0.1, 0.15) is 0 Å². The van der Waals surface area contributed by atoms with Crippen molar-refractivity contribution in [3.8, 4) is 5.69 Å². The Hall–Kier alpha value is -2.19. The topological polar surface area (TPSA) is 107 Å². The third-order valence-electron chi connectivity index (χ3n) is 2.87. The summed E-state index contributed by atoms with van der Waals surface area (Å²) in [5.74, 6) is -0.250. The Bertz CT molecular complexity index is 763. The molecule has 0 aliphatic heterocycles. The molecule has 0 atom stereocenters. The number of nitrogens with one attached hydrogen (secondary N) is 1. The highest BCUT2D eigenvalue weighted by molar-refractivity contribution is 7.89. The second kappa shape index (κ2) is 5.66.